The van der Waals surface area contributed by atoms with E-state index in [1.54, 1.807) is 0 Å². The highest BCUT2D eigenvalue weighted by Crippen LogP contribution is 2.10. The Morgan fingerprint density at radius 2 is 0.929 bits per heavy atom. The first-order valence-corrected chi connectivity index (χ1v) is 5.49. The van der Waals surface area contributed by atoms with Crippen molar-refractivity contribution in [1.29, 1.82) is 0 Å². The molecule has 2 nitrogen and oxygen atoms in total. The minimum Gasteiger partial charge on any atom is -0.403 e. The van der Waals surface area contributed by atoms with E-state index in [2.05, 4.69) is 13.2 Å². The van der Waals surface area contributed by atoms with Crippen molar-refractivity contribution >= 4 is 0 Å². The zero-order chi connectivity index (χ0) is 10.8. The molecule has 4 N–H and O–H groups in total. The third-order valence-electron chi connectivity index (χ3n) is 2.25. The minimum absolute atomic E-state index is 0.810. The first-order valence-electron chi connectivity index (χ1n) is 5.49. The van der Waals surface area contributed by atoms with Crippen molar-refractivity contribution in [2.75, 3.05) is 0 Å². The van der Waals surface area contributed by atoms with Crippen LogP contribution in [-0.4, -0.2) is 0 Å². The molecule has 14 heavy (non-hydrogen) atoms. The Hall–Kier alpha value is -0.920. The van der Waals surface area contributed by atoms with Gasteiger partial charge in [-0.3, -0.25) is 0 Å². The third-order valence-corrected chi connectivity index (χ3v) is 2.25. The topological polar surface area (TPSA) is 52.0 Å². The lowest BCUT2D eigenvalue weighted by Gasteiger charge is -2.02. The molecule has 0 radical (unpaired) electrons. The van der Waals surface area contributed by atoms with Crippen LogP contribution in [0.4, 0.5) is 0 Å². The maximum absolute atomic E-state index is 5.47. The zero-order valence-corrected chi connectivity index (χ0v) is 9.23. The number of unbranched alkanes of at least 4 members (excludes halogenated alkanes) is 5. The van der Waals surface area contributed by atoms with Gasteiger partial charge in [0.25, 0.3) is 0 Å². The second-order valence-corrected chi connectivity index (χ2v) is 3.94. The fourth-order valence-corrected chi connectivity index (χ4v) is 1.41. The average Bonchev–Trinajstić information content (AvgIpc) is 2.08. The molecule has 0 aromatic heterocycles. The van der Waals surface area contributed by atoms with E-state index in [0.717, 1.165) is 24.2 Å². The molecule has 2 heteroatoms. The van der Waals surface area contributed by atoms with Gasteiger partial charge in [-0.1, -0.05) is 38.8 Å². The van der Waals surface area contributed by atoms with E-state index in [4.69, 9.17) is 11.5 Å². The van der Waals surface area contributed by atoms with E-state index < -0.39 is 0 Å². The average molecular weight is 196 g/mol. The molecule has 0 aliphatic carbocycles. The van der Waals surface area contributed by atoms with Crippen LogP contribution in [0.2, 0.25) is 0 Å². The largest absolute Gasteiger partial charge is 0.403 e. The van der Waals surface area contributed by atoms with Crippen LogP contribution in [0.25, 0.3) is 0 Å². The summed E-state index contributed by atoms with van der Waals surface area (Å²) in [5.41, 5.74) is 12.6. The van der Waals surface area contributed by atoms with Gasteiger partial charge in [-0.25, -0.2) is 0 Å². The molecule has 0 bridgehead atoms. The molecule has 0 aromatic carbocycles. The van der Waals surface area contributed by atoms with Gasteiger partial charge in [0.05, 0.1) is 0 Å². The molecule has 0 atom stereocenters. The minimum atomic E-state index is 0.810. The van der Waals surface area contributed by atoms with Gasteiger partial charge in [0.1, 0.15) is 0 Å². The fourth-order valence-electron chi connectivity index (χ4n) is 1.41. The first kappa shape index (κ1) is 13.1. The SMILES string of the molecule is C=C(N)CCCCCCCCC(=C)N. The lowest BCUT2D eigenvalue weighted by molar-refractivity contribution is 0.591. The van der Waals surface area contributed by atoms with Crippen molar-refractivity contribution in [2.24, 2.45) is 11.5 Å². The van der Waals surface area contributed by atoms with E-state index in [9.17, 15) is 0 Å². The quantitative estimate of drug-likeness (QED) is 0.557. The number of hydrogen-bond acceptors (Lipinski definition) is 2. The molecule has 0 aromatic rings. The van der Waals surface area contributed by atoms with Gasteiger partial charge in [-0.15, -0.1) is 0 Å². The van der Waals surface area contributed by atoms with Crippen LogP contribution in [0.5, 0.6) is 0 Å². The molecule has 0 saturated carbocycles. The van der Waals surface area contributed by atoms with Crippen molar-refractivity contribution in [3.63, 3.8) is 0 Å². The van der Waals surface area contributed by atoms with E-state index in [1.165, 1.54) is 38.5 Å². The van der Waals surface area contributed by atoms with Gasteiger partial charge in [-0.2, -0.15) is 0 Å². The lowest BCUT2D eigenvalue weighted by Crippen LogP contribution is -1.94. The molecule has 0 saturated heterocycles. The smallest absolute Gasteiger partial charge is 0.000744 e. The summed E-state index contributed by atoms with van der Waals surface area (Å²) < 4.78 is 0. The normalized spacial score (nSPS) is 10.0. The molecular weight excluding hydrogens is 172 g/mol. The third kappa shape index (κ3) is 11.1. The number of rotatable bonds is 9. The van der Waals surface area contributed by atoms with Crippen molar-refractivity contribution in [3.8, 4) is 0 Å². The van der Waals surface area contributed by atoms with Crippen molar-refractivity contribution in [2.45, 2.75) is 51.4 Å². The molecule has 0 unspecified atom stereocenters. The zero-order valence-electron chi connectivity index (χ0n) is 9.23. The molecule has 0 aliphatic heterocycles. The molecule has 0 heterocycles. The summed E-state index contributed by atoms with van der Waals surface area (Å²) in [6.07, 6.45) is 9.42. The van der Waals surface area contributed by atoms with E-state index in [1.807, 2.05) is 0 Å². The van der Waals surface area contributed by atoms with Gasteiger partial charge in [-0.05, 0) is 25.7 Å². The second kappa shape index (κ2) is 8.67. The Morgan fingerprint density at radius 1 is 0.643 bits per heavy atom. The highest BCUT2D eigenvalue weighted by molar-refractivity contribution is 4.85. The van der Waals surface area contributed by atoms with Gasteiger partial charge >= 0.3 is 0 Å². The summed E-state index contributed by atoms with van der Waals surface area (Å²) in [4.78, 5) is 0. The van der Waals surface area contributed by atoms with Crippen LogP contribution >= 0.6 is 0 Å². The summed E-state index contributed by atoms with van der Waals surface area (Å²) in [5.74, 6) is 0. The first-order chi connectivity index (χ1) is 6.63. The van der Waals surface area contributed by atoms with Crippen LogP contribution in [0.3, 0.4) is 0 Å². The monoisotopic (exact) mass is 196 g/mol. The Labute approximate surface area is 88.1 Å². The predicted molar refractivity (Wildman–Crippen MR) is 63.6 cm³/mol. The van der Waals surface area contributed by atoms with Crippen molar-refractivity contribution < 1.29 is 0 Å². The molecule has 0 rings (SSSR count). The number of hydrogen-bond donors (Lipinski definition) is 2. The van der Waals surface area contributed by atoms with E-state index in [0.29, 0.717) is 0 Å². The maximum atomic E-state index is 5.47. The summed E-state index contributed by atoms with van der Waals surface area (Å²) >= 11 is 0. The summed E-state index contributed by atoms with van der Waals surface area (Å²) in [6.45, 7) is 7.35. The number of allylic oxidation sites excluding steroid dienone is 2. The summed E-state index contributed by atoms with van der Waals surface area (Å²) in [5, 5.41) is 0. The van der Waals surface area contributed by atoms with Gasteiger partial charge in [0, 0.05) is 11.4 Å². The second-order valence-electron chi connectivity index (χ2n) is 3.94. The Morgan fingerprint density at radius 3 is 1.21 bits per heavy atom. The highest BCUT2D eigenvalue weighted by Gasteiger charge is 1.92. The summed E-state index contributed by atoms with van der Waals surface area (Å²) in [7, 11) is 0. The van der Waals surface area contributed by atoms with Crippen LogP contribution in [-0.2, 0) is 0 Å². The maximum Gasteiger partial charge on any atom is 0.000744 e. The van der Waals surface area contributed by atoms with Gasteiger partial charge in [0.15, 0.2) is 0 Å². The molecule has 82 valence electrons. The molecular formula is C12H24N2. The lowest BCUT2D eigenvalue weighted by atomic mass is 10.1. The fraction of sp³-hybridized carbons (Fsp3) is 0.667. The van der Waals surface area contributed by atoms with Crippen LogP contribution in [0, 0.1) is 0 Å². The Balaban J connectivity index is 2.99. The standard InChI is InChI=1S/C12H24N2/c1-11(13)9-7-5-3-4-6-8-10-12(2)14/h1-10,13-14H2. The molecule has 0 spiro atoms. The highest BCUT2D eigenvalue weighted by atomic mass is 14.6. The number of nitrogens with two attached hydrogens (primary N) is 2. The van der Waals surface area contributed by atoms with Crippen LogP contribution in [0.1, 0.15) is 51.4 Å². The van der Waals surface area contributed by atoms with Crippen LogP contribution in [0.15, 0.2) is 24.6 Å². The van der Waals surface area contributed by atoms with E-state index >= 15 is 0 Å². The molecule has 0 amide bonds. The van der Waals surface area contributed by atoms with E-state index in [-0.39, 0.29) is 0 Å². The van der Waals surface area contributed by atoms with Crippen LogP contribution < -0.4 is 11.5 Å². The Kier molecular flexibility index (Phi) is 8.10. The van der Waals surface area contributed by atoms with Gasteiger partial charge in [0.2, 0.25) is 0 Å². The molecule has 0 fully saturated rings. The predicted octanol–water partition coefficient (Wildman–Crippen LogP) is 3.05. The van der Waals surface area contributed by atoms with Crippen molar-refractivity contribution in [1.82, 2.24) is 0 Å². The molecule has 0 aliphatic rings. The summed E-state index contributed by atoms with van der Waals surface area (Å²) in [6, 6.07) is 0. The Bertz CT molecular complexity index is 153. The van der Waals surface area contributed by atoms with Crippen molar-refractivity contribution in [3.05, 3.63) is 24.6 Å². The van der Waals surface area contributed by atoms with Gasteiger partial charge < -0.3 is 11.5 Å².